The average Bonchev–Trinajstić information content (AvgIpc) is 2.77. The van der Waals surface area contributed by atoms with Gasteiger partial charge < -0.3 is 5.32 Å². The molecule has 0 spiro atoms. The van der Waals surface area contributed by atoms with Crippen LogP contribution < -0.4 is 9.62 Å². The Bertz CT molecular complexity index is 1150. The number of carbonyl (C=O) groups is 1. The lowest BCUT2D eigenvalue weighted by molar-refractivity contribution is -0.119. The van der Waals surface area contributed by atoms with Crippen LogP contribution in [0.1, 0.15) is 17.5 Å². The van der Waals surface area contributed by atoms with Crippen LogP contribution in [-0.2, 0) is 21.2 Å². The number of nitrogens with zero attached hydrogens (tertiary/aromatic N) is 1. The van der Waals surface area contributed by atoms with Gasteiger partial charge >= 0.3 is 0 Å². The van der Waals surface area contributed by atoms with Crippen LogP contribution >= 0.6 is 11.6 Å². The molecule has 168 valence electrons. The second kappa shape index (κ2) is 10.6. The first-order valence-electron chi connectivity index (χ1n) is 10.1. The lowest BCUT2D eigenvalue weighted by Crippen LogP contribution is -2.41. The Kier molecular flexibility index (Phi) is 7.88. The number of aryl methyl sites for hydroxylation is 2. The summed E-state index contributed by atoms with van der Waals surface area (Å²) in [5.74, 6) is -0.714. The van der Waals surface area contributed by atoms with Crippen LogP contribution in [0.4, 0.5) is 10.1 Å². The van der Waals surface area contributed by atoms with Crippen molar-refractivity contribution in [3.05, 3.63) is 94.8 Å². The van der Waals surface area contributed by atoms with E-state index in [0.29, 0.717) is 30.1 Å². The minimum atomic E-state index is -3.96. The molecular formula is C24H24ClFN2O3S. The largest absolute Gasteiger partial charge is 0.355 e. The van der Waals surface area contributed by atoms with Crippen molar-refractivity contribution in [3.8, 4) is 0 Å². The molecule has 0 atom stereocenters. The van der Waals surface area contributed by atoms with Crippen LogP contribution in [0.25, 0.3) is 0 Å². The molecule has 1 N–H and O–H groups in total. The molecule has 0 saturated heterocycles. The topological polar surface area (TPSA) is 66.5 Å². The Balaban J connectivity index is 1.69. The van der Waals surface area contributed by atoms with Crippen LogP contribution in [0.5, 0.6) is 0 Å². The Labute approximate surface area is 192 Å². The maximum absolute atomic E-state index is 13.3. The smallest absolute Gasteiger partial charge is 0.264 e. The van der Waals surface area contributed by atoms with Crippen LogP contribution in [0.3, 0.4) is 0 Å². The van der Waals surface area contributed by atoms with Crippen LogP contribution in [0.15, 0.2) is 77.7 Å². The molecule has 0 aromatic heterocycles. The van der Waals surface area contributed by atoms with Crippen molar-refractivity contribution in [1.82, 2.24) is 5.32 Å². The second-order valence-corrected chi connectivity index (χ2v) is 9.68. The zero-order valence-corrected chi connectivity index (χ0v) is 19.2. The molecule has 0 saturated carbocycles. The van der Waals surface area contributed by atoms with Gasteiger partial charge in [0.05, 0.1) is 10.6 Å². The molecule has 32 heavy (non-hydrogen) atoms. The van der Waals surface area contributed by atoms with Gasteiger partial charge in [-0.05, 0) is 73.9 Å². The average molecular weight is 475 g/mol. The van der Waals surface area contributed by atoms with E-state index in [-0.39, 0.29) is 17.3 Å². The first kappa shape index (κ1) is 23.8. The third-order valence-electron chi connectivity index (χ3n) is 4.89. The fourth-order valence-electron chi connectivity index (χ4n) is 3.12. The maximum Gasteiger partial charge on any atom is 0.264 e. The molecule has 3 aromatic rings. The molecule has 0 aliphatic carbocycles. The highest BCUT2D eigenvalue weighted by atomic mass is 35.5. The molecule has 0 aliphatic rings. The summed E-state index contributed by atoms with van der Waals surface area (Å²) in [5, 5.41) is 3.23. The fourth-order valence-corrected chi connectivity index (χ4v) is 4.66. The first-order valence-corrected chi connectivity index (χ1v) is 11.9. The number of carbonyl (C=O) groups excluding carboxylic acids is 1. The number of amides is 1. The van der Waals surface area contributed by atoms with Gasteiger partial charge in [0.25, 0.3) is 10.0 Å². The summed E-state index contributed by atoms with van der Waals surface area (Å²) in [6, 6.07) is 19.0. The molecule has 3 aromatic carbocycles. The molecule has 0 aliphatic heterocycles. The minimum absolute atomic E-state index is 0.0992. The van der Waals surface area contributed by atoms with E-state index in [1.54, 1.807) is 48.5 Å². The number of halogens is 2. The van der Waals surface area contributed by atoms with Gasteiger partial charge in [-0.2, -0.15) is 0 Å². The van der Waals surface area contributed by atoms with E-state index in [2.05, 4.69) is 5.32 Å². The molecule has 0 fully saturated rings. The lowest BCUT2D eigenvalue weighted by atomic mass is 10.1. The SMILES string of the molecule is Cc1ccc(S(=O)(=O)N(CC(=O)NCCCc2ccc(F)cc2)c2ccc(Cl)cc2)cc1. The molecule has 0 radical (unpaired) electrons. The number of nitrogens with one attached hydrogen (secondary N) is 1. The van der Waals surface area contributed by atoms with Crippen LogP contribution in [0.2, 0.25) is 5.02 Å². The van der Waals surface area contributed by atoms with Gasteiger partial charge in [0, 0.05) is 11.6 Å². The van der Waals surface area contributed by atoms with E-state index in [0.717, 1.165) is 15.4 Å². The normalized spacial score (nSPS) is 11.2. The zero-order chi connectivity index (χ0) is 23.1. The summed E-state index contributed by atoms with van der Waals surface area (Å²) in [7, 11) is -3.96. The number of benzene rings is 3. The van der Waals surface area contributed by atoms with Gasteiger partial charge in [0.2, 0.25) is 5.91 Å². The van der Waals surface area contributed by atoms with Gasteiger partial charge in [0.15, 0.2) is 0 Å². The summed E-state index contributed by atoms with van der Waals surface area (Å²) >= 11 is 5.95. The van der Waals surface area contributed by atoms with Crippen molar-refractivity contribution in [2.75, 3.05) is 17.4 Å². The molecular weight excluding hydrogens is 451 g/mol. The summed E-state index contributed by atoms with van der Waals surface area (Å²) in [5.41, 5.74) is 2.24. The van der Waals surface area contributed by atoms with Gasteiger partial charge in [-0.25, -0.2) is 12.8 Å². The molecule has 3 rings (SSSR count). The van der Waals surface area contributed by atoms with Crippen LogP contribution in [0, 0.1) is 12.7 Å². The monoisotopic (exact) mass is 474 g/mol. The van der Waals surface area contributed by atoms with Crippen molar-refractivity contribution >= 4 is 33.2 Å². The fraction of sp³-hybridized carbons (Fsp3) is 0.208. The Morgan fingerprint density at radius 3 is 2.22 bits per heavy atom. The highest BCUT2D eigenvalue weighted by molar-refractivity contribution is 7.92. The Morgan fingerprint density at radius 2 is 1.59 bits per heavy atom. The number of rotatable bonds is 9. The van der Waals surface area contributed by atoms with E-state index in [1.165, 1.54) is 24.3 Å². The Morgan fingerprint density at radius 1 is 0.969 bits per heavy atom. The third-order valence-corrected chi connectivity index (χ3v) is 6.93. The number of hydrogen-bond acceptors (Lipinski definition) is 3. The molecule has 0 heterocycles. The van der Waals surface area contributed by atoms with Gasteiger partial charge in [-0.3, -0.25) is 9.10 Å². The highest BCUT2D eigenvalue weighted by Gasteiger charge is 2.27. The van der Waals surface area contributed by atoms with Crippen molar-refractivity contribution in [2.45, 2.75) is 24.7 Å². The molecule has 1 amide bonds. The zero-order valence-electron chi connectivity index (χ0n) is 17.6. The summed E-state index contributed by atoms with van der Waals surface area (Å²) < 4.78 is 40.6. The summed E-state index contributed by atoms with van der Waals surface area (Å²) in [4.78, 5) is 12.7. The van der Waals surface area contributed by atoms with Crippen molar-refractivity contribution in [2.24, 2.45) is 0 Å². The second-order valence-electron chi connectivity index (χ2n) is 7.38. The minimum Gasteiger partial charge on any atom is -0.355 e. The standard InChI is InChI=1S/C24H24ClFN2O3S/c1-18-4-14-23(15-5-18)32(30,31)28(22-12-8-20(25)9-13-22)17-24(29)27-16-2-3-19-6-10-21(26)11-7-19/h4-15H,2-3,16-17H2,1H3,(H,27,29). The predicted octanol–water partition coefficient (Wildman–Crippen LogP) is 4.73. The van der Waals surface area contributed by atoms with E-state index in [1.807, 2.05) is 6.92 Å². The Hall–Kier alpha value is -2.90. The number of sulfonamides is 1. The molecule has 5 nitrogen and oxygen atoms in total. The van der Waals surface area contributed by atoms with E-state index in [9.17, 15) is 17.6 Å². The molecule has 0 bridgehead atoms. The first-order chi connectivity index (χ1) is 15.3. The quantitative estimate of drug-likeness (QED) is 0.456. The van der Waals surface area contributed by atoms with E-state index >= 15 is 0 Å². The van der Waals surface area contributed by atoms with Crippen molar-refractivity contribution < 1.29 is 17.6 Å². The predicted molar refractivity (Wildman–Crippen MR) is 125 cm³/mol. The van der Waals surface area contributed by atoms with Crippen molar-refractivity contribution in [1.29, 1.82) is 0 Å². The van der Waals surface area contributed by atoms with Crippen LogP contribution in [-0.4, -0.2) is 27.4 Å². The third kappa shape index (κ3) is 6.31. The van der Waals surface area contributed by atoms with Gasteiger partial charge in [0.1, 0.15) is 12.4 Å². The van der Waals surface area contributed by atoms with Gasteiger partial charge in [-0.15, -0.1) is 0 Å². The lowest BCUT2D eigenvalue weighted by Gasteiger charge is -2.24. The number of hydrogen-bond donors (Lipinski definition) is 1. The molecule has 0 unspecified atom stereocenters. The summed E-state index contributed by atoms with van der Waals surface area (Å²) in [6.07, 6.45) is 1.31. The molecule has 8 heteroatoms. The highest BCUT2D eigenvalue weighted by Crippen LogP contribution is 2.25. The van der Waals surface area contributed by atoms with E-state index in [4.69, 9.17) is 11.6 Å². The van der Waals surface area contributed by atoms with Crippen molar-refractivity contribution in [3.63, 3.8) is 0 Å². The summed E-state index contributed by atoms with van der Waals surface area (Å²) in [6.45, 7) is 1.87. The van der Waals surface area contributed by atoms with Gasteiger partial charge in [-0.1, -0.05) is 41.4 Å². The van der Waals surface area contributed by atoms with E-state index < -0.39 is 15.9 Å². The maximum atomic E-state index is 13.3. The number of anilines is 1.